The molecule has 2 heterocycles. The summed E-state index contributed by atoms with van der Waals surface area (Å²) in [6.45, 7) is 0. The first-order chi connectivity index (χ1) is 15.7. The second-order valence-electron chi connectivity index (χ2n) is 7.49. The summed E-state index contributed by atoms with van der Waals surface area (Å²) in [6, 6.07) is 32.5. The summed E-state index contributed by atoms with van der Waals surface area (Å²) in [4.78, 5) is 14.4. The Hall–Kier alpha value is -3.60. The predicted molar refractivity (Wildman–Crippen MR) is 134 cm³/mol. The van der Waals surface area contributed by atoms with Gasteiger partial charge in [-0.05, 0) is 48.5 Å². The Bertz CT molecular complexity index is 1570. The van der Waals surface area contributed by atoms with Crippen molar-refractivity contribution in [3.05, 3.63) is 102 Å². The minimum absolute atomic E-state index is 0.626. The highest BCUT2D eigenvalue weighted by molar-refractivity contribution is 7.25. The van der Waals surface area contributed by atoms with E-state index in [2.05, 4.69) is 42.5 Å². The fraction of sp³-hybridized carbons (Fsp3) is 0. The van der Waals surface area contributed by atoms with Gasteiger partial charge in [-0.3, -0.25) is 0 Å². The van der Waals surface area contributed by atoms with Crippen molar-refractivity contribution in [1.29, 1.82) is 0 Å². The van der Waals surface area contributed by atoms with Gasteiger partial charge in [-0.1, -0.05) is 60.1 Å². The molecule has 6 aromatic rings. The number of benzene rings is 4. The highest BCUT2D eigenvalue weighted by atomic mass is 35.5. The molecular formula is C27H16ClN3S. The standard InChI is InChI=1S/C27H16ClN3S/c28-20-13-10-18(11-14-20)26-29-25(17-6-2-1-3-7-17)30-27(31-26)19-12-15-24-22(16-19)21-8-4-5-9-23(21)32-24/h1-16H. The van der Waals surface area contributed by atoms with Crippen LogP contribution in [0.3, 0.4) is 0 Å². The van der Waals surface area contributed by atoms with Crippen LogP contribution in [0.5, 0.6) is 0 Å². The van der Waals surface area contributed by atoms with Gasteiger partial charge in [-0.25, -0.2) is 15.0 Å². The van der Waals surface area contributed by atoms with Gasteiger partial charge in [0.25, 0.3) is 0 Å². The lowest BCUT2D eigenvalue weighted by Crippen LogP contribution is -2.00. The van der Waals surface area contributed by atoms with Crippen molar-refractivity contribution < 1.29 is 0 Å². The molecule has 0 saturated carbocycles. The topological polar surface area (TPSA) is 38.7 Å². The summed E-state index contributed by atoms with van der Waals surface area (Å²) in [6.07, 6.45) is 0. The monoisotopic (exact) mass is 449 g/mol. The van der Waals surface area contributed by atoms with Crippen LogP contribution >= 0.6 is 22.9 Å². The van der Waals surface area contributed by atoms with Crippen LogP contribution in [0.15, 0.2) is 97.1 Å². The van der Waals surface area contributed by atoms with Gasteiger partial charge in [0.15, 0.2) is 17.5 Å². The Morgan fingerprint density at radius 2 is 1.06 bits per heavy atom. The quantitative estimate of drug-likeness (QED) is 0.275. The average Bonchev–Trinajstić information content (AvgIpc) is 3.23. The second kappa shape index (κ2) is 7.83. The molecule has 0 amide bonds. The van der Waals surface area contributed by atoms with Crippen molar-refractivity contribution in [3.63, 3.8) is 0 Å². The van der Waals surface area contributed by atoms with E-state index in [1.807, 2.05) is 54.6 Å². The van der Waals surface area contributed by atoms with Crippen molar-refractivity contribution in [2.45, 2.75) is 0 Å². The van der Waals surface area contributed by atoms with Crippen molar-refractivity contribution >= 4 is 43.1 Å². The molecule has 0 fully saturated rings. The molecule has 0 atom stereocenters. The van der Waals surface area contributed by atoms with Crippen LogP contribution in [0.25, 0.3) is 54.3 Å². The smallest absolute Gasteiger partial charge is 0.164 e. The number of nitrogens with zero attached hydrogens (tertiary/aromatic N) is 3. The summed E-state index contributed by atoms with van der Waals surface area (Å²) < 4.78 is 2.53. The van der Waals surface area contributed by atoms with E-state index in [-0.39, 0.29) is 0 Å². The number of aromatic nitrogens is 3. The SMILES string of the molecule is Clc1ccc(-c2nc(-c3ccccc3)nc(-c3ccc4sc5ccccc5c4c3)n2)cc1. The van der Waals surface area contributed by atoms with Crippen LogP contribution in [0.4, 0.5) is 0 Å². The van der Waals surface area contributed by atoms with Gasteiger partial charge in [-0.15, -0.1) is 11.3 Å². The maximum absolute atomic E-state index is 6.09. The third kappa shape index (κ3) is 3.44. The number of fused-ring (bicyclic) bond motifs is 3. The summed E-state index contributed by atoms with van der Waals surface area (Å²) in [5.41, 5.74) is 2.82. The van der Waals surface area contributed by atoms with Gasteiger partial charge in [0.2, 0.25) is 0 Å². The molecule has 4 aromatic carbocycles. The molecule has 5 heteroatoms. The maximum Gasteiger partial charge on any atom is 0.164 e. The molecule has 0 spiro atoms. The largest absolute Gasteiger partial charge is 0.208 e. The molecule has 0 aliphatic rings. The zero-order valence-electron chi connectivity index (χ0n) is 16.9. The van der Waals surface area contributed by atoms with E-state index in [0.29, 0.717) is 22.5 Å². The molecule has 0 unspecified atom stereocenters. The fourth-order valence-corrected chi connectivity index (χ4v) is 5.03. The summed E-state index contributed by atoms with van der Waals surface area (Å²) in [5.74, 6) is 1.93. The molecule has 152 valence electrons. The molecule has 0 saturated heterocycles. The number of hydrogen-bond acceptors (Lipinski definition) is 4. The van der Waals surface area contributed by atoms with E-state index >= 15 is 0 Å². The van der Waals surface area contributed by atoms with Crippen LogP contribution in [0, 0.1) is 0 Å². The molecule has 6 rings (SSSR count). The Labute approximate surface area is 194 Å². The van der Waals surface area contributed by atoms with Crippen molar-refractivity contribution in [1.82, 2.24) is 15.0 Å². The Morgan fingerprint density at radius 3 is 1.81 bits per heavy atom. The van der Waals surface area contributed by atoms with Crippen molar-refractivity contribution in [2.75, 3.05) is 0 Å². The molecule has 0 bridgehead atoms. The molecule has 0 aliphatic carbocycles. The van der Waals surface area contributed by atoms with Crippen LogP contribution in [-0.4, -0.2) is 15.0 Å². The molecule has 0 aliphatic heterocycles. The van der Waals surface area contributed by atoms with E-state index < -0.39 is 0 Å². The normalized spacial score (nSPS) is 11.3. The van der Waals surface area contributed by atoms with Gasteiger partial charge in [0.05, 0.1) is 0 Å². The van der Waals surface area contributed by atoms with Crippen LogP contribution in [0.1, 0.15) is 0 Å². The second-order valence-corrected chi connectivity index (χ2v) is 9.01. The van der Waals surface area contributed by atoms with Crippen molar-refractivity contribution in [3.8, 4) is 34.2 Å². The zero-order valence-corrected chi connectivity index (χ0v) is 18.4. The molecule has 3 nitrogen and oxygen atoms in total. The maximum atomic E-state index is 6.09. The molecular weight excluding hydrogens is 434 g/mol. The van der Waals surface area contributed by atoms with Crippen LogP contribution < -0.4 is 0 Å². The predicted octanol–water partition coefficient (Wildman–Crippen LogP) is 7.89. The first kappa shape index (κ1) is 19.1. The van der Waals surface area contributed by atoms with Gasteiger partial charge >= 0.3 is 0 Å². The Balaban J connectivity index is 1.57. The number of hydrogen-bond donors (Lipinski definition) is 0. The highest BCUT2D eigenvalue weighted by Gasteiger charge is 2.13. The van der Waals surface area contributed by atoms with Gasteiger partial charge in [0.1, 0.15) is 0 Å². The summed E-state index contributed by atoms with van der Waals surface area (Å²) >= 11 is 7.89. The van der Waals surface area contributed by atoms with Crippen molar-refractivity contribution in [2.24, 2.45) is 0 Å². The highest BCUT2D eigenvalue weighted by Crippen LogP contribution is 2.36. The Morgan fingerprint density at radius 1 is 0.500 bits per heavy atom. The molecule has 32 heavy (non-hydrogen) atoms. The molecule has 2 aromatic heterocycles. The first-order valence-corrected chi connectivity index (χ1v) is 11.4. The van der Waals surface area contributed by atoms with Crippen LogP contribution in [-0.2, 0) is 0 Å². The van der Waals surface area contributed by atoms with E-state index in [4.69, 9.17) is 26.6 Å². The molecule has 0 N–H and O–H groups in total. The van der Waals surface area contributed by atoms with Gasteiger partial charge in [-0.2, -0.15) is 0 Å². The molecule has 0 radical (unpaired) electrons. The Kier molecular flexibility index (Phi) is 4.67. The lowest BCUT2D eigenvalue weighted by Gasteiger charge is -2.08. The number of thiophene rings is 1. The lowest BCUT2D eigenvalue weighted by atomic mass is 10.1. The average molecular weight is 450 g/mol. The minimum Gasteiger partial charge on any atom is -0.208 e. The third-order valence-electron chi connectivity index (χ3n) is 5.40. The lowest BCUT2D eigenvalue weighted by molar-refractivity contribution is 1.07. The number of halogens is 1. The number of rotatable bonds is 3. The van der Waals surface area contributed by atoms with Crippen LogP contribution in [0.2, 0.25) is 5.02 Å². The fourth-order valence-electron chi connectivity index (χ4n) is 3.81. The first-order valence-electron chi connectivity index (χ1n) is 10.2. The van der Waals surface area contributed by atoms with E-state index in [1.165, 1.54) is 20.2 Å². The van der Waals surface area contributed by atoms with E-state index in [9.17, 15) is 0 Å². The zero-order chi connectivity index (χ0) is 21.5. The van der Waals surface area contributed by atoms with Gasteiger partial charge in [0, 0.05) is 41.9 Å². The van der Waals surface area contributed by atoms with E-state index in [0.717, 1.165) is 16.7 Å². The summed E-state index contributed by atoms with van der Waals surface area (Å²) in [7, 11) is 0. The third-order valence-corrected chi connectivity index (χ3v) is 6.81. The van der Waals surface area contributed by atoms with Gasteiger partial charge < -0.3 is 0 Å². The minimum atomic E-state index is 0.626. The van der Waals surface area contributed by atoms with E-state index in [1.54, 1.807) is 11.3 Å². The summed E-state index contributed by atoms with van der Waals surface area (Å²) in [5, 5.41) is 3.16.